The lowest BCUT2D eigenvalue weighted by Gasteiger charge is -1.95. The molecule has 0 N–H and O–H groups in total. The number of Topliss-reactive ketones (excluding diaryl/α,β-unsaturated/α-hetero) is 1. The first-order chi connectivity index (χ1) is 5.29. The summed E-state index contributed by atoms with van der Waals surface area (Å²) in [5.41, 5.74) is 1.10. The highest BCUT2D eigenvalue weighted by Crippen LogP contribution is 2.14. The maximum absolute atomic E-state index is 10.4. The van der Waals surface area contributed by atoms with Crippen molar-refractivity contribution in [1.82, 2.24) is 0 Å². The van der Waals surface area contributed by atoms with E-state index < -0.39 is 0 Å². The lowest BCUT2D eigenvalue weighted by molar-refractivity contribution is -0.121. The molecule has 3 heteroatoms. The molecule has 0 atom stereocenters. The molecule has 0 amide bonds. The Labute approximate surface area is 66.4 Å². The Morgan fingerprint density at radius 2 is 2.18 bits per heavy atom. The largest absolute Gasteiger partial charge is 0.388 e. The Morgan fingerprint density at radius 3 is 2.73 bits per heavy atom. The number of carbonyl (C=O) groups excluding carboxylic acids is 1. The number of nitrogens with zero attached hydrogens (tertiary/aromatic N) is 1. The van der Waals surface area contributed by atoms with Crippen molar-refractivity contribution >= 4 is 11.5 Å². The van der Waals surface area contributed by atoms with E-state index in [1.165, 1.54) is 19.8 Å². The number of carbonyl (C=O) groups is 1. The van der Waals surface area contributed by atoms with Crippen LogP contribution < -0.4 is 0 Å². The second kappa shape index (κ2) is 4.11. The minimum atomic E-state index is 0.0207. The molecule has 0 heterocycles. The third-order valence-corrected chi connectivity index (χ3v) is 1.64. The van der Waals surface area contributed by atoms with Crippen LogP contribution in [0.25, 0.3) is 0 Å². The van der Waals surface area contributed by atoms with E-state index in [0.29, 0.717) is 0 Å². The molecule has 0 aliphatic heterocycles. The van der Waals surface area contributed by atoms with Gasteiger partial charge in [-0.1, -0.05) is 5.16 Å². The molecule has 1 rings (SSSR count). The van der Waals surface area contributed by atoms with E-state index in [0.717, 1.165) is 18.6 Å². The minimum Gasteiger partial charge on any atom is -0.388 e. The van der Waals surface area contributed by atoms with E-state index in [4.69, 9.17) is 4.84 Å². The Kier molecular flexibility index (Phi) is 3.08. The van der Waals surface area contributed by atoms with Crippen molar-refractivity contribution in [3.63, 3.8) is 0 Å². The van der Waals surface area contributed by atoms with Gasteiger partial charge in [0.2, 0.25) is 0 Å². The van der Waals surface area contributed by atoms with E-state index in [9.17, 15) is 4.79 Å². The quantitative estimate of drug-likeness (QED) is 0.579. The second-order valence-electron chi connectivity index (χ2n) is 2.84. The number of oxime groups is 1. The fraction of sp³-hybridized carbons (Fsp3) is 0.750. The van der Waals surface area contributed by atoms with Crippen LogP contribution >= 0.6 is 0 Å². The lowest BCUT2D eigenvalue weighted by Crippen LogP contribution is -2.01. The van der Waals surface area contributed by atoms with Crippen LogP contribution in [-0.2, 0) is 9.63 Å². The van der Waals surface area contributed by atoms with Gasteiger partial charge < -0.3 is 4.84 Å². The van der Waals surface area contributed by atoms with Gasteiger partial charge in [0.25, 0.3) is 0 Å². The molecule has 11 heavy (non-hydrogen) atoms. The standard InChI is InChI=1S/C8H13NO2/c1-7(10)6-11-9-8-4-2-3-5-8/h2-6H2,1H3. The van der Waals surface area contributed by atoms with Gasteiger partial charge in [0.1, 0.15) is 0 Å². The fourth-order valence-electron chi connectivity index (χ4n) is 1.09. The molecule has 0 spiro atoms. The summed E-state index contributed by atoms with van der Waals surface area (Å²) in [6.07, 6.45) is 4.50. The van der Waals surface area contributed by atoms with Gasteiger partial charge >= 0.3 is 0 Å². The van der Waals surface area contributed by atoms with Gasteiger partial charge in [-0.05, 0) is 32.6 Å². The molecule has 1 aliphatic rings. The first-order valence-electron chi connectivity index (χ1n) is 3.96. The zero-order chi connectivity index (χ0) is 8.10. The molecule has 0 aromatic carbocycles. The maximum Gasteiger partial charge on any atom is 0.174 e. The van der Waals surface area contributed by atoms with Crippen LogP contribution in [0.5, 0.6) is 0 Å². The molecule has 0 bridgehead atoms. The topological polar surface area (TPSA) is 38.7 Å². The van der Waals surface area contributed by atoms with Crippen LogP contribution in [0, 0.1) is 0 Å². The highest BCUT2D eigenvalue weighted by Gasteiger charge is 2.08. The predicted molar refractivity (Wildman–Crippen MR) is 42.5 cm³/mol. The Bertz CT molecular complexity index is 167. The minimum absolute atomic E-state index is 0.0207. The summed E-state index contributed by atoms with van der Waals surface area (Å²) in [7, 11) is 0. The lowest BCUT2D eigenvalue weighted by atomic mass is 10.3. The zero-order valence-electron chi connectivity index (χ0n) is 6.80. The fourth-order valence-corrected chi connectivity index (χ4v) is 1.09. The van der Waals surface area contributed by atoms with Crippen LogP contribution in [0.15, 0.2) is 5.16 Å². The molecule has 0 unspecified atom stereocenters. The molecule has 3 nitrogen and oxygen atoms in total. The van der Waals surface area contributed by atoms with Gasteiger partial charge in [0, 0.05) is 0 Å². The third-order valence-electron chi connectivity index (χ3n) is 1.64. The summed E-state index contributed by atoms with van der Waals surface area (Å²) in [5.74, 6) is 0.0207. The van der Waals surface area contributed by atoms with E-state index in [2.05, 4.69) is 5.16 Å². The normalized spacial score (nSPS) is 16.6. The summed E-state index contributed by atoms with van der Waals surface area (Å²) in [6.45, 7) is 1.61. The van der Waals surface area contributed by atoms with Gasteiger partial charge in [-0.3, -0.25) is 4.79 Å². The molecule has 62 valence electrons. The van der Waals surface area contributed by atoms with E-state index in [1.807, 2.05) is 0 Å². The van der Waals surface area contributed by atoms with Crippen LogP contribution in [0.3, 0.4) is 0 Å². The van der Waals surface area contributed by atoms with Gasteiger partial charge in [0.05, 0.1) is 5.71 Å². The molecule has 1 saturated carbocycles. The monoisotopic (exact) mass is 155 g/mol. The van der Waals surface area contributed by atoms with Gasteiger partial charge in [-0.2, -0.15) is 0 Å². The zero-order valence-corrected chi connectivity index (χ0v) is 6.80. The molecule has 0 aromatic heterocycles. The van der Waals surface area contributed by atoms with Crippen molar-refractivity contribution in [1.29, 1.82) is 0 Å². The SMILES string of the molecule is CC(=O)CON=C1CCCC1. The Hall–Kier alpha value is -0.860. The smallest absolute Gasteiger partial charge is 0.174 e. The van der Waals surface area contributed by atoms with Gasteiger partial charge in [0.15, 0.2) is 12.4 Å². The molecule has 0 saturated heterocycles. The first-order valence-corrected chi connectivity index (χ1v) is 3.96. The summed E-state index contributed by atoms with van der Waals surface area (Å²) < 4.78 is 0. The van der Waals surface area contributed by atoms with Crippen molar-refractivity contribution in [3.05, 3.63) is 0 Å². The summed E-state index contributed by atoms with van der Waals surface area (Å²) in [5, 5.41) is 3.86. The van der Waals surface area contributed by atoms with Crippen LogP contribution in [0.4, 0.5) is 0 Å². The van der Waals surface area contributed by atoms with Crippen LogP contribution in [0.1, 0.15) is 32.6 Å². The van der Waals surface area contributed by atoms with Crippen molar-refractivity contribution in [3.8, 4) is 0 Å². The molecule has 1 aliphatic carbocycles. The van der Waals surface area contributed by atoms with Crippen LogP contribution in [-0.4, -0.2) is 18.1 Å². The second-order valence-corrected chi connectivity index (χ2v) is 2.84. The third kappa shape index (κ3) is 3.16. The number of ketones is 1. The Morgan fingerprint density at radius 1 is 1.55 bits per heavy atom. The number of hydrogen-bond donors (Lipinski definition) is 0. The van der Waals surface area contributed by atoms with Crippen molar-refractivity contribution in [2.45, 2.75) is 32.6 Å². The van der Waals surface area contributed by atoms with E-state index in [-0.39, 0.29) is 12.4 Å². The van der Waals surface area contributed by atoms with Crippen molar-refractivity contribution in [2.75, 3.05) is 6.61 Å². The molecular weight excluding hydrogens is 142 g/mol. The highest BCUT2D eigenvalue weighted by molar-refractivity contribution is 5.85. The number of hydrogen-bond acceptors (Lipinski definition) is 3. The number of rotatable bonds is 3. The van der Waals surface area contributed by atoms with Gasteiger partial charge in [-0.25, -0.2) is 0 Å². The van der Waals surface area contributed by atoms with Gasteiger partial charge in [-0.15, -0.1) is 0 Å². The van der Waals surface area contributed by atoms with Crippen molar-refractivity contribution < 1.29 is 9.63 Å². The maximum atomic E-state index is 10.4. The molecular formula is C8H13NO2. The summed E-state index contributed by atoms with van der Waals surface area (Å²) in [6, 6.07) is 0. The average Bonchev–Trinajstić information content (AvgIpc) is 2.39. The molecule has 1 fully saturated rings. The van der Waals surface area contributed by atoms with E-state index in [1.54, 1.807) is 0 Å². The Balaban J connectivity index is 2.18. The molecule has 0 radical (unpaired) electrons. The predicted octanol–water partition coefficient (Wildman–Crippen LogP) is 1.52. The van der Waals surface area contributed by atoms with E-state index >= 15 is 0 Å². The van der Waals surface area contributed by atoms with Crippen molar-refractivity contribution in [2.24, 2.45) is 5.16 Å². The molecule has 0 aromatic rings. The highest BCUT2D eigenvalue weighted by atomic mass is 16.6. The average molecular weight is 155 g/mol. The summed E-state index contributed by atoms with van der Waals surface area (Å²) >= 11 is 0. The summed E-state index contributed by atoms with van der Waals surface area (Å²) in [4.78, 5) is 15.2. The first kappa shape index (κ1) is 8.24. The van der Waals surface area contributed by atoms with Crippen LogP contribution in [0.2, 0.25) is 0 Å².